The van der Waals surface area contributed by atoms with E-state index in [1.165, 1.54) is 136 Å². The molecule has 69 heavy (non-hydrogen) atoms. The first-order valence-electron chi connectivity index (χ1n) is 24.1. The summed E-state index contributed by atoms with van der Waals surface area (Å²) < 4.78 is 0. The highest BCUT2D eigenvalue weighted by atomic mass is 14.2. The quantitative estimate of drug-likeness (QED) is 0.152. The van der Waals surface area contributed by atoms with Gasteiger partial charge in [-0.2, -0.15) is 0 Å². The third kappa shape index (κ3) is 7.61. The van der Waals surface area contributed by atoms with Crippen LogP contribution in [0.3, 0.4) is 0 Å². The Kier molecular flexibility index (Phi) is 10.7. The van der Waals surface area contributed by atoms with Gasteiger partial charge < -0.3 is 0 Å². The molecule has 0 radical (unpaired) electrons. The Hall–Kier alpha value is -8.58. The molecule has 0 unspecified atom stereocenters. The molecule has 0 aromatic heterocycles. The van der Waals surface area contributed by atoms with E-state index in [0.29, 0.717) is 0 Å². The van der Waals surface area contributed by atoms with E-state index in [0.717, 1.165) is 0 Å². The normalized spacial score (nSPS) is 11.4. The van der Waals surface area contributed by atoms with Crippen LogP contribution in [-0.2, 0) is 0 Å². The number of benzene rings is 14. The molecule has 0 atom stereocenters. The number of aryl methyl sites for hydroxylation is 3. The number of fused-ring (bicyclic) bond motifs is 18. The summed E-state index contributed by atoms with van der Waals surface area (Å²) in [6.07, 6.45) is 0. The van der Waals surface area contributed by atoms with Gasteiger partial charge >= 0.3 is 0 Å². The molecule has 0 spiro atoms. The van der Waals surface area contributed by atoms with Crippen molar-refractivity contribution in [2.24, 2.45) is 0 Å². The average Bonchev–Trinajstić information content (AvgIpc) is 3.41. The molecule has 0 nitrogen and oxygen atoms in total. The van der Waals surface area contributed by atoms with Gasteiger partial charge in [-0.1, -0.05) is 253 Å². The topological polar surface area (TPSA) is 0 Å². The molecular weight excluding hydrogens is 829 g/mol. The SMILES string of the molecule is Cc1ccc(-c2ccc3c4ccccc4c4ccccc4c3c2)cc1.Cc1ccc2c3ccccc3c3ccccc3c2c1.Cc1cccc(-c2ccc3c4ccccc4c4ccccc4c3c2)c1. The predicted molar refractivity (Wildman–Crippen MR) is 302 cm³/mol. The van der Waals surface area contributed by atoms with E-state index < -0.39 is 0 Å². The molecule has 0 aliphatic carbocycles. The summed E-state index contributed by atoms with van der Waals surface area (Å²) in [5.74, 6) is 0. The largest absolute Gasteiger partial charge is 0.0616 e. The van der Waals surface area contributed by atoms with Gasteiger partial charge in [0, 0.05) is 0 Å². The maximum absolute atomic E-state index is 2.35. The second kappa shape index (κ2) is 17.6. The Balaban J connectivity index is 0.000000108. The smallest absolute Gasteiger partial charge is 0.00928 e. The van der Waals surface area contributed by atoms with Crippen LogP contribution in [0.2, 0.25) is 0 Å². The maximum atomic E-state index is 2.35. The number of rotatable bonds is 2. The zero-order valence-electron chi connectivity index (χ0n) is 39.2. The minimum absolute atomic E-state index is 1.27. The molecule has 0 saturated heterocycles. The molecule has 0 aliphatic rings. The van der Waals surface area contributed by atoms with Crippen molar-refractivity contribution in [3.05, 3.63) is 265 Å². The lowest BCUT2D eigenvalue weighted by atomic mass is 9.92. The highest BCUT2D eigenvalue weighted by molar-refractivity contribution is 6.28. The zero-order chi connectivity index (χ0) is 46.4. The first kappa shape index (κ1) is 41.8. The first-order chi connectivity index (χ1) is 34.0. The molecule has 14 rings (SSSR count). The van der Waals surface area contributed by atoms with Gasteiger partial charge in [-0.15, -0.1) is 0 Å². The van der Waals surface area contributed by atoms with E-state index in [-0.39, 0.29) is 0 Å². The van der Waals surface area contributed by atoms with E-state index in [9.17, 15) is 0 Å². The van der Waals surface area contributed by atoms with E-state index in [2.05, 4.69) is 269 Å². The minimum Gasteiger partial charge on any atom is -0.0616 e. The summed E-state index contributed by atoms with van der Waals surface area (Å²) in [6.45, 7) is 6.43. The van der Waals surface area contributed by atoms with Gasteiger partial charge in [-0.3, -0.25) is 0 Å². The van der Waals surface area contributed by atoms with Crippen molar-refractivity contribution in [3.8, 4) is 22.3 Å². The molecule has 0 amide bonds. The van der Waals surface area contributed by atoms with Gasteiger partial charge in [-0.05, 0) is 152 Å². The monoisotopic (exact) mass is 878 g/mol. The van der Waals surface area contributed by atoms with Crippen LogP contribution in [0.15, 0.2) is 249 Å². The van der Waals surface area contributed by atoms with Crippen LogP contribution in [0, 0.1) is 20.8 Å². The maximum Gasteiger partial charge on any atom is -0.00928 e. The summed E-state index contributed by atoms with van der Waals surface area (Å²) >= 11 is 0. The summed E-state index contributed by atoms with van der Waals surface area (Å²) in [5, 5.41) is 24.0. The molecular formula is C69H50. The van der Waals surface area contributed by atoms with E-state index >= 15 is 0 Å². The molecule has 14 aromatic carbocycles. The lowest BCUT2D eigenvalue weighted by Gasteiger charge is -2.12. The Morgan fingerprint density at radius 1 is 0.145 bits per heavy atom. The van der Waals surface area contributed by atoms with Crippen LogP contribution >= 0.6 is 0 Å². The fourth-order valence-electron chi connectivity index (χ4n) is 10.8. The second-order valence-electron chi connectivity index (χ2n) is 18.6. The van der Waals surface area contributed by atoms with Crippen LogP contribution in [0.5, 0.6) is 0 Å². The molecule has 0 saturated carbocycles. The minimum atomic E-state index is 1.27. The van der Waals surface area contributed by atoms with E-state index in [1.54, 1.807) is 0 Å². The molecule has 0 N–H and O–H groups in total. The lowest BCUT2D eigenvalue weighted by molar-refractivity contribution is 1.47. The highest BCUT2D eigenvalue weighted by Gasteiger charge is 2.12. The Morgan fingerprint density at radius 3 is 0.754 bits per heavy atom. The van der Waals surface area contributed by atoms with E-state index in [1.807, 2.05) is 0 Å². The molecule has 326 valence electrons. The molecule has 0 aliphatic heterocycles. The Labute approximate surface area is 403 Å². The molecule has 0 fully saturated rings. The van der Waals surface area contributed by atoms with Crippen LogP contribution in [-0.4, -0.2) is 0 Å². The van der Waals surface area contributed by atoms with Crippen LogP contribution in [0.1, 0.15) is 16.7 Å². The average molecular weight is 879 g/mol. The summed E-state index contributed by atoms with van der Waals surface area (Å²) in [4.78, 5) is 0. The number of hydrogen-bond acceptors (Lipinski definition) is 0. The fourth-order valence-corrected chi connectivity index (χ4v) is 10.8. The highest BCUT2D eigenvalue weighted by Crippen LogP contribution is 2.39. The molecule has 0 heteroatoms. The molecule has 0 heterocycles. The van der Waals surface area contributed by atoms with Crippen molar-refractivity contribution < 1.29 is 0 Å². The third-order valence-corrected chi connectivity index (χ3v) is 14.1. The van der Waals surface area contributed by atoms with Crippen molar-refractivity contribution in [1.29, 1.82) is 0 Å². The second-order valence-corrected chi connectivity index (χ2v) is 18.6. The molecule has 0 bridgehead atoms. The van der Waals surface area contributed by atoms with Crippen molar-refractivity contribution in [3.63, 3.8) is 0 Å². The Morgan fingerprint density at radius 2 is 0.391 bits per heavy atom. The Bertz CT molecular complexity index is 4160. The van der Waals surface area contributed by atoms with Crippen LogP contribution < -0.4 is 0 Å². The van der Waals surface area contributed by atoms with Crippen molar-refractivity contribution >= 4 is 97.0 Å². The summed E-state index contributed by atoms with van der Waals surface area (Å²) in [7, 11) is 0. The summed E-state index contributed by atoms with van der Waals surface area (Å²) in [6, 6.07) is 90.3. The predicted octanol–water partition coefficient (Wildman–Crippen LogP) is 19.7. The van der Waals surface area contributed by atoms with Gasteiger partial charge in [0.25, 0.3) is 0 Å². The standard InChI is InChI=1S/2C25H18.C19H14/c1-17-7-6-8-18(15-17)19-13-14-24-22-11-3-2-9-20(22)21-10-4-5-12-23(21)25(24)16-19;1-17-10-12-18(13-11-17)19-14-15-24-22-8-3-2-6-20(22)21-7-4-5-9-23(21)25(24)16-19;1-13-10-11-18-16-8-3-2-6-14(16)15-7-4-5-9-17(15)19(18)12-13/h2*2-16H,1H3;2-12H,1H3. The van der Waals surface area contributed by atoms with Gasteiger partial charge in [0.1, 0.15) is 0 Å². The van der Waals surface area contributed by atoms with E-state index in [4.69, 9.17) is 0 Å². The van der Waals surface area contributed by atoms with Gasteiger partial charge in [0.05, 0.1) is 0 Å². The van der Waals surface area contributed by atoms with Crippen molar-refractivity contribution in [2.45, 2.75) is 20.8 Å². The van der Waals surface area contributed by atoms with Crippen molar-refractivity contribution in [2.75, 3.05) is 0 Å². The van der Waals surface area contributed by atoms with Gasteiger partial charge in [0.15, 0.2) is 0 Å². The zero-order valence-corrected chi connectivity index (χ0v) is 39.2. The fraction of sp³-hybridized carbons (Fsp3) is 0.0435. The van der Waals surface area contributed by atoms with Gasteiger partial charge in [-0.25, -0.2) is 0 Å². The van der Waals surface area contributed by atoms with Gasteiger partial charge in [0.2, 0.25) is 0 Å². The summed E-state index contributed by atoms with van der Waals surface area (Å²) in [5.41, 5.74) is 8.99. The van der Waals surface area contributed by atoms with Crippen LogP contribution in [0.25, 0.3) is 119 Å². The third-order valence-electron chi connectivity index (χ3n) is 14.1. The lowest BCUT2D eigenvalue weighted by Crippen LogP contribution is -1.85. The first-order valence-corrected chi connectivity index (χ1v) is 24.1. The van der Waals surface area contributed by atoms with Crippen molar-refractivity contribution in [1.82, 2.24) is 0 Å². The van der Waals surface area contributed by atoms with Crippen LogP contribution in [0.4, 0.5) is 0 Å². The molecule has 14 aromatic rings. The number of hydrogen-bond donors (Lipinski definition) is 0.